The van der Waals surface area contributed by atoms with Gasteiger partial charge in [-0.15, -0.1) is 0 Å². The SMILES string of the molecule is CCn1nc(CC(C)C)cc1C(=O)N1CCOC[C@@H](O)C1. The quantitative estimate of drug-likeness (QED) is 0.897. The average Bonchev–Trinajstić information content (AvgIpc) is 2.70. The molecule has 1 aliphatic heterocycles. The first kappa shape index (κ1) is 16.0. The molecule has 0 unspecified atom stereocenters. The number of aliphatic hydroxyl groups is 1. The number of aromatic nitrogens is 2. The number of carbonyl (C=O) groups is 1. The van der Waals surface area contributed by atoms with Crippen LogP contribution in [0.15, 0.2) is 6.07 Å². The van der Waals surface area contributed by atoms with Crippen molar-refractivity contribution in [3.8, 4) is 0 Å². The van der Waals surface area contributed by atoms with Crippen molar-refractivity contribution in [1.29, 1.82) is 0 Å². The van der Waals surface area contributed by atoms with Crippen LogP contribution < -0.4 is 0 Å². The van der Waals surface area contributed by atoms with Gasteiger partial charge < -0.3 is 14.7 Å². The Kier molecular flexibility index (Phi) is 5.36. The molecule has 1 amide bonds. The largest absolute Gasteiger partial charge is 0.389 e. The van der Waals surface area contributed by atoms with E-state index in [1.807, 2.05) is 13.0 Å². The van der Waals surface area contributed by atoms with E-state index in [-0.39, 0.29) is 12.5 Å². The van der Waals surface area contributed by atoms with Gasteiger partial charge in [-0.2, -0.15) is 5.10 Å². The number of ether oxygens (including phenoxy) is 1. The zero-order valence-corrected chi connectivity index (χ0v) is 13.1. The van der Waals surface area contributed by atoms with Crippen LogP contribution in [0.3, 0.4) is 0 Å². The minimum Gasteiger partial charge on any atom is -0.389 e. The highest BCUT2D eigenvalue weighted by Gasteiger charge is 2.25. The minimum atomic E-state index is -0.621. The Morgan fingerprint density at radius 2 is 2.33 bits per heavy atom. The molecule has 2 rings (SSSR count). The Morgan fingerprint density at radius 1 is 1.57 bits per heavy atom. The standard InChI is InChI=1S/C15H25N3O3/c1-4-18-14(8-12(16-18)7-11(2)3)15(20)17-5-6-21-10-13(19)9-17/h8,11,13,19H,4-7,9-10H2,1-3H3/t13-/m0/s1. The number of aryl methyl sites for hydroxylation is 1. The second kappa shape index (κ2) is 7.04. The fourth-order valence-electron chi connectivity index (χ4n) is 2.54. The lowest BCUT2D eigenvalue weighted by molar-refractivity contribution is 0.0531. The summed E-state index contributed by atoms with van der Waals surface area (Å²) in [5, 5.41) is 14.3. The number of carbonyl (C=O) groups excluding carboxylic acids is 1. The van der Waals surface area contributed by atoms with Crippen molar-refractivity contribution in [2.75, 3.05) is 26.3 Å². The van der Waals surface area contributed by atoms with E-state index in [1.165, 1.54) is 0 Å². The van der Waals surface area contributed by atoms with E-state index in [9.17, 15) is 9.90 Å². The first-order valence-corrected chi connectivity index (χ1v) is 7.63. The van der Waals surface area contributed by atoms with Crippen molar-refractivity contribution in [2.45, 2.75) is 39.8 Å². The fourth-order valence-corrected chi connectivity index (χ4v) is 2.54. The lowest BCUT2D eigenvalue weighted by atomic mass is 10.1. The summed E-state index contributed by atoms with van der Waals surface area (Å²) in [6.45, 7) is 8.47. The van der Waals surface area contributed by atoms with Crippen LogP contribution in [0.1, 0.15) is 37.0 Å². The molecule has 0 aromatic carbocycles. The van der Waals surface area contributed by atoms with Gasteiger partial charge in [0.2, 0.25) is 0 Å². The van der Waals surface area contributed by atoms with E-state index in [2.05, 4.69) is 18.9 Å². The molecule has 6 nitrogen and oxygen atoms in total. The Hall–Kier alpha value is -1.40. The van der Waals surface area contributed by atoms with Crippen LogP contribution in [0, 0.1) is 5.92 Å². The van der Waals surface area contributed by atoms with Crippen LogP contribution in [-0.2, 0) is 17.7 Å². The maximum Gasteiger partial charge on any atom is 0.272 e. The molecule has 0 saturated carbocycles. The lowest BCUT2D eigenvalue weighted by Crippen LogP contribution is -2.38. The molecule has 0 aliphatic carbocycles. The van der Waals surface area contributed by atoms with Crippen molar-refractivity contribution in [3.63, 3.8) is 0 Å². The van der Waals surface area contributed by atoms with Crippen LogP contribution in [0.4, 0.5) is 0 Å². The lowest BCUT2D eigenvalue weighted by Gasteiger charge is -2.21. The molecule has 6 heteroatoms. The van der Waals surface area contributed by atoms with Crippen molar-refractivity contribution < 1.29 is 14.6 Å². The molecular weight excluding hydrogens is 270 g/mol. The van der Waals surface area contributed by atoms with Crippen molar-refractivity contribution in [3.05, 3.63) is 17.5 Å². The fraction of sp³-hybridized carbons (Fsp3) is 0.733. The summed E-state index contributed by atoms with van der Waals surface area (Å²) in [7, 11) is 0. The molecule has 2 heterocycles. The van der Waals surface area contributed by atoms with E-state index >= 15 is 0 Å². The molecule has 0 radical (unpaired) electrons. The molecule has 1 aromatic rings. The number of hydrogen-bond donors (Lipinski definition) is 1. The van der Waals surface area contributed by atoms with E-state index in [4.69, 9.17) is 4.74 Å². The van der Waals surface area contributed by atoms with Gasteiger partial charge in [0.25, 0.3) is 5.91 Å². The zero-order valence-electron chi connectivity index (χ0n) is 13.1. The molecule has 21 heavy (non-hydrogen) atoms. The van der Waals surface area contributed by atoms with Gasteiger partial charge in [-0.25, -0.2) is 0 Å². The zero-order chi connectivity index (χ0) is 15.4. The number of aliphatic hydroxyl groups excluding tert-OH is 1. The van der Waals surface area contributed by atoms with Crippen LogP contribution in [0.5, 0.6) is 0 Å². The molecule has 1 atom stereocenters. The third-order valence-electron chi connectivity index (χ3n) is 3.50. The molecule has 1 saturated heterocycles. The summed E-state index contributed by atoms with van der Waals surface area (Å²) < 4.78 is 7.02. The number of β-amino-alcohol motifs (C(OH)–C–C–N with tert-alkyl or cyclic N) is 1. The Bertz CT molecular complexity index is 485. The Labute approximate surface area is 125 Å². The molecular formula is C15H25N3O3. The molecule has 1 aromatic heterocycles. The summed E-state index contributed by atoms with van der Waals surface area (Å²) >= 11 is 0. The van der Waals surface area contributed by atoms with Gasteiger partial charge in [-0.3, -0.25) is 9.48 Å². The first-order chi connectivity index (χ1) is 10.0. The highest BCUT2D eigenvalue weighted by atomic mass is 16.5. The number of hydrogen-bond acceptors (Lipinski definition) is 4. The summed E-state index contributed by atoms with van der Waals surface area (Å²) in [6.07, 6.45) is 0.239. The molecule has 0 bridgehead atoms. The minimum absolute atomic E-state index is 0.0797. The van der Waals surface area contributed by atoms with Gasteiger partial charge in [0.05, 0.1) is 25.0 Å². The monoisotopic (exact) mass is 295 g/mol. The smallest absolute Gasteiger partial charge is 0.272 e. The van der Waals surface area contributed by atoms with Crippen molar-refractivity contribution in [2.24, 2.45) is 5.92 Å². The van der Waals surface area contributed by atoms with Gasteiger partial charge in [-0.1, -0.05) is 13.8 Å². The van der Waals surface area contributed by atoms with E-state index in [1.54, 1.807) is 9.58 Å². The van der Waals surface area contributed by atoms with Gasteiger partial charge in [0.1, 0.15) is 5.69 Å². The average molecular weight is 295 g/mol. The third kappa shape index (κ3) is 4.04. The molecule has 1 fully saturated rings. The number of amides is 1. The number of rotatable bonds is 4. The molecule has 118 valence electrons. The maximum atomic E-state index is 12.7. The normalized spacial score (nSPS) is 19.9. The molecule has 0 spiro atoms. The molecule has 1 aliphatic rings. The Morgan fingerprint density at radius 3 is 3.00 bits per heavy atom. The topological polar surface area (TPSA) is 67.6 Å². The van der Waals surface area contributed by atoms with Crippen LogP contribution in [0.2, 0.25) is 0 Å². The predicted molar refractivity (Wildman–Crippen MR) is 79.2 cm³/mol. The second-order valence-corrected chi connectivity index (χ2v) is 5.91. The van der Waals surface area contributed by atoms with Gasteiger partial charge in [0.15, 0.2) is 0 Å². The van der Waals surface area contributed by atoms with Crippen LogP contribution in [0.25, 0.3) is 0 Å². The van der Waals surface area contributed by atoms with Crippen molar-refractivity contribution >= 4 is 5.91 Å². The number of nitrogens with zero attached hydrogens (tertiary/aromatic N) is 3. The van der Waals surface area contributed by atoms with Gasteiger partial charge in [0, 0.05) is 19.6 Å². The van der Waals surface area contributed by atoms with E-state index in [0.717, 1.165) is 12.1 Å². The highest BCUT2D eigenvalue weighted by molar-refractivity contribution is 5.92. The second-order valence-electron chi connectivity index (χ2n) is 5.91. The van der Waals surface area contributed by atoms with E-state index < -0.39 is 6.10 Å². The highest BCUT2D eigenvalue weighted by Crippen LogP contribution is 2.13. The first-order valence-electron chi connectivity index (χ1n) is 7.63. The molecule has 1 N–H and O–H groups in total. The maximum absolute atomic E-state index is 12.7. The predicted octanol–water partition coefficient (Wildman–Crippen LogP) is 0.935. The van der Waals surface area contributed by atoms with E-state index in [0.29, 0.717) is 37.9 Å². The van der Waals surface area contributed by atoms with Crippen molar-refractivity contribution in [1.82, 2.24) is 14.7 Å². The van der Waals surface area contributed by atoms with Crippen LogP contribution >= 0.6 is 0 Å². The summed E-state index contributed by atoms with van der Waals surface area (Å²) in [5.41, 5.74) is 1.55. The summed E-state index contributed by atoms with van der Waals surface area (Å²) in [4.78, 5) is 14.3. The van der Waals surface area contributed by atoms with Gasteiger partial charge >= 0.3 is 0 Å². The van der Waals surface area contributed by atoms with Crippen LogP contribution in [-0.4, -0.2) is 58.1 Å². The van der Waals surface area contributed by atoms with Gasteiger partial charge in [-0.05, 0) is 25.3 Å². The third-order valence-corrected chi connectivity index (χ3v) is 3.50. The Balaban J connectivity index is 2.18. The summed E-state index contributed by atoms with van der Waals surface area (Å²) in [6, 6.07) is 1.88. The summed E-state index contributed by atoms with van der Waals surface area (Å²) in [5.74, 6) is 0.422.